The summed E-state index contributed by atoms with van der Waals surface area (Å²) in [5, 5.41) is 6.51. The number of terminal acetylenes is 1. The van der Waals surface area contributed by atoms with Crippen LogP contribution in [0.2, 0.25) is 0 Å². The Morgan fingerprint density at radius 2 is 1.77 bits per heavy atom. The zero-order valence-electron chi connectivity index (χ0n) is 35.4. The van der Waals surface area contributed by atoms with Crippen molar-refractivity contribution in [3.63, 3.8) is 0 Å². The predicted octanol–water partition coefficient (Wildman–Crippen LogP) is 8.99. The van der Waals surface area contributed by atoms with Crippen LogP contribution >= 0.6 is 0 Å². The molecule has 318 valence electrons. The average Bonchev–Trinajstić information content (AvgIpc) is 3.69. The van der Waals surface area contributed by atoms with Crippen molar-refractivity contribution in [2.75, 3.05) is 37.8 Å². The highest BCUT2D eigenvalue weighted by molar-refractivity contribution is 6.06. The molecule has 5 fully saturated rings. The van der Waals surface area contributed by atoms with Gasteiger partial charge >= 0.3 is 12.1 Å². The van der Waals surface area contributed by atoms with Crippen molar-refractivity contribution in [1.82, 2.24) is 24.6 Å². The van der Waals surface area contributed by atoms with E-state index in [1.54, 1.807) is 6.07 Å². The van der Waals surface area contributed by atoms with Gasteiger partial charge in [0.15, 0.2) is 12.0 Å². The van der Waals surface area contributed by atoms with Gasteiger partial charge in [0.2, 0.25) is 0 Å². The van der Waals surface area contributed by atoms with Crippen LogP contribution in [0.25, 0.3) is 32.9 Å². The van der Waals surface area contributed by atoms with Crippen molar-refractivity contribution in [2.24, 2.45) is 0 Å². The van der Waals surface area contributed by atoms with Gasteiger partial charge in [-0.2, -0.15) is 15.1 Å². The Balaban J connectivity index is 1.17. The first-order valence-electron chi connectivity index (χ1n) is 21.9. The van der Waals surface area contributed by atoms with Crippen molar-refractivity contribution in [1.29, 1.82) is 0 Å². The Morgan fingerprint density at radius 3 is 2.46 bits per heavy atom. The molecule has 0 radical (unpaired) electrons. The normalized spacial score (nSPS) is 21.9. The van der Waals surface area contributed by atoms with Gasteiger partial charge in [-0.15, -0.1) is 6.42 Å². The molecule has 4 aliphatic heterocycles. The third kappa shape index (κ3) is 7.63. The summed E-state index contributed by atoms with van der Waals surface area (Å²) in [6.45, 7) is 10.7. The molecule has 1 aliphatic carbocycles. The van der Waals surface area contributed by atoms with Gasteiger partial charge in [-0.05, 0) is 107 Å². The maximum atomic E-state index is 16.6. The summed E-state index contributed by atoms with van der Waals surface area (Å²) in [7, 11) is 0. The van der Waals surface area contributed by atoms with E-state index in [9.17, 15) is 4.79 Å². The van der Waals surface area contributed by atoms with Crippen LogP contribution in [-0.4, -0.2) is 87.4 Å². The number of carbonyl (C=O) groups is 1. The third-order valence-corrected chi connectivity index (χ3v) is 12.8. The number of hydrogen-bond donors (Lipinski definition) is 0. The zero-order valence-corrected chi connectivity index (χ0v) is 35.4. The van der Waals surface area contributed by atoms with E-state index in [0.29, 0.717) is 68.1 Å². The van der Waals surface area contributed by atoms with Gasteiger partial charge in [-0.3, -0.25) is 0 Å². The summed E-state index contributed by atoms with van der Waals surface area (Å²) in [6.07, 6.45) is 13.9. The molecule has 0 N–H and O–H groups in total. The van der Waals surface area contributed by atoms with Crippen molar-refractivity contribution >= 4 is 33.7 Å². The number of fused-ring (bicyclic) bond motifs is 4. The van der Waals surface area contributed by atoms with E-state index in [1.165, 1.54) is 0 Å². The molecule has 13 heteroatoms. The SMILES string of the molecule is C#Cc1ccc(COc2c(-c3c(C)c(F)cc4c3cnn4C3CCCCO3)c(C3CC3)cc3c(N4C[C@@H]5C[C@H]4CN5C(=O)OC(C)(C)C)nc(OC4CCOCC4)nc23)cc1. The number of carbonyl (C=O) groups excluding carboxylic acids is 1. The molecular formula is C48H53FN6O6. The molecule has 3 atom stereocenters. The highest BCUT2D eigenvalue weighted by atomic mass is 19.1. The van der Waals surface area contributed by atoms with Crippen LogP contribution in [-0.2, 0) is 20.8 Å². The lowest BCUT2D eigenvalue weighted by atomic mass is 9.88. The van der Waals surface area contributed by atoms with Crippen molar-refractivity contribution < 1.29 is 32.9 Å². The molecule has 61 heavy (non-hydrogen) atoms. The fourth-order valence-corrected chi connectivity index (χ4v) is 9.60. The number of amides is 1. The minimum Gasteiger partial charge on any atom is -0.486 e. The van der Waals surface area contributed by atoms with Crippen LogP contribution in [0, 0.1) is 25.1 Å². The largest absolute Gasteiger partial charge is 0.486 e. The molecular weight excluding hydrogens is 776 g/mol. The van der Waals surface area contributed by atoms with E-state index >= 15 is 4.39 Å². The zero-order chi connectivity index (χ0) is 42.0. The Kier molecular flexibility index (Phi) is 10.3. The number of benzene rings is 3. The highest BCUT2D eigenvalue weighted by Crippen LogP contribution is 2.54. The lowest BCUT2D eigenvalue weighted by Crippen LogP contribution is -2.50. The molecule has 1 saturated carbocycles. The second-order valence-electron chi connectivity index (χ2n) is 18.3. The van der Waals surface area contributed by atoms with Crippen molar-refractivity contribution in [3.05, 3.63) is 70.7 Å². The lowest BCUT2D eigenvalue weighted by Gasteiger charge is -2.36. The van der Waals surface area contributed by atoms with Gasteiger partial charge in [0, 0.05) is 66.1 Å². The maximum absolute atomic E-state index is 16.6. The van der Waals surface area contributed by atoms with E-state index in [4.69, 9.17) is 45.2 Å². The van der Waals surface area contributed by atoms with Gasteiger partial charge in [-0.25, -0.2) is 13.9 Å². The molecule has 4 saturated heterocycles. The Hall–Kier alpha value is -5.45. The van der Waals surface area contributed by atoms with Gasteiger partial charge in [0.1, 0.15) is 35.5 Å². The molecule has 1 amide bonds. The molecule has 3 aromatic carbocycles. The van der Waals surface area contributed by atoms with E-state index < -0.39 is 5.60 Å². The van der Waals surface area contributed by atoms with Gasteiger partial charge < -0.3 is 33.5 Å². The summed E-state index contributed by atoms with van der Waals surface area (Å²) in [6, 6.07) is 11.8. The smallest absolute Gasteiger partial charge is 0.410 e. The monoisotopic (exact) mass is 828 g/mol. The van der Waals surface area contributed by atoms with Crippen LogP contribution in [0.15, 0.2) is 42.6 Å². The Bertz CT molecular complexity index is 2530. The molecule has 12 nitrogen and oxygen atoms in total. The number of nitrogens with zero attached hydrogens (tertiary/aromatic N) is 6. The van der Waals surface area contributed by atoms with Crippen LogP contribution in [0.4, 0.5) is 15.0 Å². The second kappa shape index (κ2) is 15.8. The van der Waals surface area contributed by atoms with Gasteiger partial charge in [-0.1, -0.05) is 18.1 Å². The molecule has 5 aromatic rings. The van der Waals surface area contributed by atoms with Gasteiger partial charge in [0.25, 0.3) is 0 Å². The fourth-order valence-electron chi connectivity index (χ4n) is 9.60. The van der Waals surface area contributed by atoms with Crippen LogP contribution in [0.3, 0.4) is 0 Å². The van der Waals surface area contributed by atoms with E-state index in [2.05, 4.69) is 16.9 Å². The first-order valence-corrected chi connectivity index (χ1v) is 21.9. The first-order chi connectivity index (χ1) is 29.5. The van der Waals surface area contributed by atoms with Crippen molar-refractivity contribution in [2.45, 2.75) is 122 Å². The number of halogens is 1. The summed E-state index contributed by atoms with van der Waals surface area (Å²) >= 11 is 0. The molecule has 10 rings (SSSR count). The molecule has 2 bridgehead atoms. The summed E-state index contributed by atoms with van der Waals surface area (Å²) in [5.74, 6) is 3.87. The first kappa shape index (κ1) is 39.7. The maximum Gasteiger partial charge on any atom is 0.410 e. The molecule has 6 heterocycles. The number of ether oxygens (including phenoxy) is 5. The Labute approximate surface area is 355 Å². The second-order valence-corrected chi connectivity index (χ2v) is 18.3. The standard InChI is InChI=1S/C48H53FN6O6/c1-6-29-10-12-30(13-11-29)27-59-44-42(41-28(2)38(49)23-39-37(41)24-50-55(39)40-9-7-8-18-58-40)35(31-14-15-31)22-36-43(44)51-46(60-34-16-19-57-20-17-34)52-45(36)53-25-33-21-32(53)26-54(33)47(56)61-48(3,4)5/h1,10-13,22-24,31-34,40H,7-9,14-21,25-27H2,2-5H3/t32-,33-,40?/m0/s1. The minimum atomic E-state index is -0.595. The summed E-state index contributed by atoms with van der Waals surface area (Å²) < 4.78 is 49.8. The molecule has 5 aliphatic rings. The number of hydrogen-bond acceptors (Lipinski definition) is 10. The number of rotatable bonds is 9. The quantitative estimate of drug-likeness (QED) is 0.134. The average molecular weight is 829 g/mol. The fraction of sp³-hybridized carbons (Fsp3) is 0.500. The molecule has 1 unspecified atom stereocenters. The van der Waals surface area contributed by atoms with Crippen LogP contribution in [0.5, 0.6) is 11.8 Å². The number of likely N-dealkylation sites (tertiary alicyclic amines) is 1. The van der Waals surface area contributed by atoms with Crippen LogP contribution in [0.1, 0.15) is 107 Å². The van der Waals surface area contributed by atoms with E-state index in [0.717, 1.165) is 82.9 Å². The predicted molar refractivity (Wildman–Crippen MR) is 229 cm³/mol. The number of aromatic nitrogens is 4. The topological polar surface area (TPSA) is 113 Å². The number of anilines is 1. The molecule has 0 spiro atoms. The third-order valence-electron chi connectivity index (χ3n) is 12.8. The Morgan fingerprint density at radius 1 is 0.967 bits per heavy atom. The van der Waals surface area contributed by atoms with Crippen LogP contribution < -0.4 is 14.4 Å². The summed E-state index contributed by atoms with van der Waals surface area (Å²) in [4.78, 5) is 28.0. The highest BCUT2D eigenvalue weighted by Gasteiger charge is 2.48. The minimum absolute atomic E-state index is 0.00701. The van der Waals surface area contributed by atoms with Gasteiger partial charge in [0.05, 0.1) is 37.0 Å². The summed E-state index contributed by atoms with van der Waals surface area (Å²) in [5.41, 5.74) is 5.47. The molecule has 2 aromatic heterocycles. The van der Waals surface area contributed by atoms with E-state index in [-0.39, 0.29) is 54.9 Å². The van der Waals surface area contributed by atoms with E-state index in [1.807, 2.05) is 67.7 Å². The lowest BCUT2D eigenvalue weighted by molar-refractivity contribution is -0.0366. The number of piperazine rings is 1. The van der Waals surface area contributed by atoms with Crippen molar-refractivity contribution in [3.8, 4) is 35.2 Å².